The van der Waals surface area contributed by atoms with Gasteiger partial charge in [-0.3, -0.25) is 0 Å². The number of aromatic nitrogens is 4. The summed E-state index contributed by atoms with van der Waals surface area (Å²) in [6.45, 7) is 2.90. The third-order valence-electron chi connectivity index (χ3n) is 4.61. The number of aryl methyl sites for hydroxylation is 1. The molecule has 0 N–H and O–H groups in total. The van der Waals surface area contributed by atoms with Gasteiger partial charge in [0.05, 0.1) is 11.2 Å². The molecule has 0 amide bonds. The maximum absolute atomic E-state index is 4.75. The second-order valence-electron chi connectivity index (χ2n) is 6.29. The number of hydrogen-bond acceptors (Lipinski definition) is 3. The molecule has 4 aromatic rings. The number of fused-ring (bicyclic) bond motifs is 4. The van der Waals surface area contributed by atoms with Crippen LogP contribution < -0.4 is 0 Å². The van der Waals surface area contributed by atoms with Gasteiger partial charge >= 0.3 is 0 Å². The Bertz CT molecular complexity index is 1140. The summed E-state index contributed by atoms with van der Waals surface area (Å²) < 4.78 is 2.19. The Kier molecular flexibility index (Phi) is 3.04. The van der Waals surface area contributed by atoms with E-state index in [1.54, 1.807) is 0 Å². The Morgan fingerprint density at radius 1 is 0.920 bits per heavy atom. The van der Waals surface area contributed by atoms with E-state index in [0.29, 0.717) is 5.82 Å². The predicted octanol–water partition coefficient (Wildman–Crippen LogP) is 4.33. The van der Waals surface area contributed by atoms with E-state index in [2.05, 4.69) is 51.1 Å². The standard InChI is InChI=1S/C21H16N4/c1-14-17-7-4-5-9-19(17)24-20(22-14)11-10-16-13-25-12-15-6-2-3-8-18(15)21(25)23-16/h2-11,13H,12H2,1H3/b11-10+. The Hall–Kier alpha value is -3.27. The summed E-state index contributed by atoms with van der Waals surface area (Å²) in [4.78, 5) is 14.0. The van der Waals surface area contributed by atoms with Crippen molar-refractivity contribution >= 4 is 23.1 Å². The molecule has 2 aromatic heterocycles. The van der Waals surface area contributed by atoms with Gasteiger partial charge in [-0.15, -0.1) is 0 Å². The van der Waals surface area contributed by atoms with Gasteiger partial charge in [0.2, 0.25) is 0 Å². The quantitative estimate of drug-likeness (QED) is 0.485. The molecular weight excluding hydrogens is 308 g/mol. The van der Waals surface area contributed by atoms with Gasteiger partial charge in [0, 0.05) is 29.4 Å². The van der Waals surface area contributed by atoms with Crippen LogP contribution in [0.15, 0.2) is 54.7 Å². The van der Waals surface area contributed by atoms with Crippen LogP contribution >= 0.6 is 0 Å². The lowest BCUT2D eigenvalue weighted by molar-refractivity contribution is 0.847. The van der Waals surface area contributed by atoms with E-state index in [0.717, 1.165) is 34.7 Å². The SMILES string of the molecule is Cc1nc(/C=C/c2cn3c(n2)-c2ccccc2C3)nc2ccccc12. The van der Waals surface area contributed by atoms with Crippen molar-refractivity contribution in [3.8, 4) is 11.4 Å². The Balaban J connectivity index is 1.49. The topological polar surface area (TPSA) is 43.6 Å². The van der Waals surface area contributed by atoms with Crippen molar-refractivity contribution < 1.29 is 0 Å². The Morgan fingerprint density at radius 2 is 1.76 bits per heavy atom. The fraction of sp³-hybridized carbons (Fsp3) is 0.0952. The molecule has 4 heteroatoms. The van der Waals surface area contributed by atoms with Crippen LogP contribution in [-0.2, 0) is 6.54 Å². The molecule has 1 aliphatic rings. The third-order valence-corrected chi connectivity index (χ3v) is 4.61. The van der Waals surface area contributed by atoms with Gasteiger partial charge in [-0.25, -0.2) is 15.0 Å². The van der Waals surface area contributed by atoms with Crippen LogP contribution in [0.1, 0.15) is 22.8 Å². The Labute approximate surface area is 145 Å². The van der Waals surface area contributed by atoms with Crippen molar-refractivity contribution in [2.24, 2.45) is 0 Å². The average molecular weight is 324 g/mol. The molecule has 25 heavy (non-hydrogen) atoms. The molecule has 0 saturated heterocycles. The normalized spacial score (nSPS) is 12.7. The molecule has 0 unspecified atom stereocenters. The number of rotatable bonds is 2. The predicted molar refractivity (Wildman–Crippen MR) is 100.0 cm³/mol. The zero-order valence-corrected chi connectivity index (χ0v) is 13.8. The van der Waals surface area contributed by atoms with Crippen molar-refractivity contribution in [2.75, 3.05) is 0 Å². The molecule has 0 fully saturated rings. The molecule has 0 radical (unpaired) electrons. The summed E-state index contributed by atoms with van der Waals surface area (Å²) in [7, 11) is 0. The second-order valence-corrected chi connectivity index (χ2v) is 6.29. The highest BCUT2D eigenvalue weighted by atomic mass is 15.1. The Morgan fingerprint density at radius 3 is 2.72 bits per heavy atom. The maximum atomic E-state index is 4.75. The third kappa shape index (κ3) is 2.34. The number of para-hydroxylation sites is 1. The second kappa shape index (κ2) is 5.38. The van der Waals surface area contributed by atoms with E-state index in [1.165, 1.54) is 11.1 Å². The van der Waals surface area contributed by atoms with E-state index in [-0.39, 0.29) is 0 Å². The van der Waals surface area contributed by atoms with E-state index < -0.39 is 0 Å². The summed E-state index contributed by atoms with van der Waals surface area (Å²) in [6, 6.07) is 16.5. The molecule has 3 heterocycles. The minimum absolute atomic E-state index is 0.713. The lowest BCUT2D eigenvalue weighted by Crippen LogP contribution is -1.93. The molecular formula is C21H16N4. The highest BCUT2D eigenvalue weighted by Gasteiger charge is 2.19. The minimum Gasteiger partial charge on any atom is -0.326 e. The van der Waals surface area contributed by atoms with Crippen LogP contribution in [0.2, 0.25) is 0 Å². The van der Waals surface area contributed by atoms with Crippen LogP contribution in [0.25, 0.3) is 34.4 Å². The van der Waals surface area contributed by atoms with Gasteiger partial charge in [-0.2, -0.15) is 0 Å². The van der Waals surface area contributed by atoms with Gasteiger partial charge in [0.15, 0.2) is 5.82 Å². The van der Waals surface area contributed by atoms with Gasteiger partial charge in [-0.05, 0) is 30.7 Å². The molecule has 0 spiro atoms. The van der Waals surface area contributed by atoms with E-state index in [9.17, 15) is 0 Å². The smallest absolute Gasteiger partial charge is 0.152 e. The fourth-order valence-electron chi connectivity index (χ4n) is 3.40. The zero-order valence-electron chi connectivity index (χ0n) is 13.8. The largest absolute Gasteiger partial charge is 0.326 e. The molecule has 4 nitrogen and oxygen atoms in total. The number of imidazole rings is 1. The van der Waals surface area contributed by atoms with Crippen LogP contribution in [0.3, 0.4) is 0 Å². The first kappa shape index (κ1) is 14.1. The van der Waals surface area contributed by atoms with Crippen molar-refractivity contribution in [1.82, 2.24) is 19.5 Å². The molecule has 0 saturated carbocycles. The van der Waals surface area contributed by atoms with E-state index in [4.69, 9.17) is 4.98 Å². The summed E-state index contributed by atoms with van der Waals surface area (Å²) in [5.74, 6) is 1.75. The molecule has 0 atom stereocenters. The lowest BCUT2D eigenvalue weighted by Gasteiger charge is -2.02. The van der Waals surface area contributed by atoms with Crippen LogP contribution in [0.4, 0.5) is 0 Å². The summed E-state index contributed by atoms with van der Waals surface area (Å²) in [6.07, 6.45) is 6.00. The monoisotopic (exact) mass is 324 g/mol. The highest BCUT2D eigenvalue weighted by Crippen LogP contribution is 2.31. The van der Waals surface area contributed by atoms with Gasteiger partial charge in [0.1, 0.15) is 5.82 Å². The van der Waals surface area contributed by atoms with Gasteiger partial charge in [0.25, 0.3) is 0 Å². The van der Waals surface area contributed by atoms with Gasteiger partial charge < -0.3 is 4.57 Å². The lowest BCUT2D eigenvalue weighted by atomic mass is 10.1. The van der Waals surface area contributed by atoms with Crippen LogP contribution in [0, 0.1) is 6.92 Å². The van der Waals surface area contributed by atoms with Crippen molar-refractivity contribution in [1.29, 1.82) is 0 Å². The zero-order chi connectivity index (χ0) is 16.8. The molecule has 120 valence electrons. The molecule has 1 aliphatic heterocycles. The number of benzene rings is 2. The number of hydrogen-bond donors (Lipinski definition) is 0. The fourth-order valence-corrected chi connectivity index (χ4v) is 3.40. The highest BCUT2D eigenvalue weighted by molar-refractivity contribution is 5.82. The maximum Gasteiger partial charge on any atom is 0.152 e. The first-order valence-corrected chi connectivity index (χ1v) is 8.35. The molecule has 5 rings (SSSR count). The van der Waals surface area contributed by atoms with Gasteiger partial charge in [-0.1, -0.05) is 42.5 Å². The number of nitrogens with zero attached hydrogens (tertiary/aromatic N) is 4. The van der Waals surface area contributed by atoms with Crippen LogP contribution in [0.5, 0.6) is 0 Å². The van der Waals surface area contributed by atoms with Crippen LogP contribution in [-0.4, -0.2) is 19.5 Å². The van der Waals surface area contributed by atoms with Crippen molar-refractivity contribution in [3.63, 3.8) is 0 Å². The van der Waals surface area contributed by atoms with Crippen molar-refractivity contribution in [2.45, 2.75) is 13.5 Å². The van der Waals surface area contributed by atoms with Crippen molar-refractivity contribution in [3.05, 3.63) is 77.5 Å². The van der Waals surface area contributed by atoms with E-state index >= 15 is 0 Å². The summed E-state index contributed by atoms with van der Waals surface area (Å²) in [5, 5.41) is 1.09. The first-order chi connectivity index (χ1) is 12.3. The molecule has 2 aromatic carbocycles. The minimum atomic E-state index is 0.713. The molecule has 0 aliphatic carbocycles. The summed E-state index contributed by atoms with van der Waals surface area (Å²) >= 11 is 0. The summed E-state index contributed by atoms with van der Waals surface area (Å²) in [5.41, 5.74) is 5.44. The average Bonchev–Trinajstić information content (AvgIpc) is 3.17. The molecule has 0 bridgehead atoms. The first-order valence-electron chi connectivity index (χ1n) is 8.35. The van der Waals surface area contributed by atoms with E-state index in [1.807, 2.05) is 37.3 Å².